The number of benzene rings is 1. The van der Waals surface area contributed by atoms with Gasteiger partial charge in [0.25, 0.3) is 5.56 Å². The minimum Gasteiger partial charge on any atom is -0.326 e. The molecule has 0 radical (unpaired) electrons. The van der Waals surface area contributed by atoms with E-state index in [9.17, 15) is 18.8 Å². The topological polar surface area (TPSA) is 68.2 Å². The Morgan fingerprint density at radius 2 is 1.81 bits per heavy atom. The van der Waals surface area contributed by atoms with Gasteiger partial charge in [-0.3, -0.25) is 14.4 Å². The third kappa shape index (κ3) is 3.85. The van der Waals surface area contributed by atoms with E-state index in [-0.39, 0.29) is 18.2 Å². The van der Waals surface area contributed by atoms with Crippen LogP contribution in [0.5, 0.6) is 0 Å². The van der Waals surface area contributed by atoms with Crippen LogP contribution in [0.2, 0.25) is 0 Å². The molecule has 2 aromatic rings. The molecule has 0 unspecified atom stereocenters. The summed E-state index contributed by atoms with van der Waals surface area (Å²) >= 11 is 0. The molecule has 0 aliphatic heterocycles. The molecule has 0 aliphatic carbocycles. The second kappa shape index (κ2) is 6.13. The molecule has 0 bridgehead atoms. The second-order valence-electron chi connectivity index (χ2n) is 4.50. The van der Waals surface area contributed by atoms with E-state index < -0.39 is 11.4 Å². The molecule has 0 aliphatic rings. The first-order valence-corrected chi connectivity index (χ1v) is 6.22. The van der Waals surface area contributed by atoms with Crippen LogP contribution in [0, 0.1) is 5.82 Å². The zero-order chi connectivity index (χ0) is 15.4. The van der Waals surface area contributed by atoms with Crippen molar-refractivity contribution in [2.45, 2.75) is 13.5 Å². The van der Waals surface area contributed by atoms with E-state index in [1.165, 1.54) is 19.1 Å². The number of pyridine rings is 1. The zero-order valence-electron chi connectivity index (χ0n) is 11.3. The van der Waals surface area contributed by atoms with Gasteiger partial charge in [-0.25, -0.2) is 4.39 Å². The number of carbonyl (C=O) groups is 2. The Kier molecular flexibility index (Phi) is 4.27. The fourth-order valence-corrected chi connectivity index (χ4v) is 1.81. The first-order chi connectivity index (χ1) is 9.95. The zero-order valence-corrected chi connectivity index (χ0v) is 11.3. The van der Waals surface area contributed by atoms with Gasteiger partial charge in [-0.2, -0.15) is 0 Å². The molecule has 5 nitrogen and oxygen atoms in total. The van der Waals surface area contributed by atoms with Crippen molar-refractivity contribution in [2.24, 2.45) is 0 Å². The Hall–Kier alpha value is -2.76. The Bertz CT molecular complexity index is 735. The summed E-state index contributed by atoms with van der Waals surface area (Å²) in [6, 6.07) is 8.37. The van der Waals surface area contributed by atoms with Crippen LogP contribution in [0.3, 0.4) is 0 Å². The molecule has 1 heterocycles. The van der Waals surface area contributed by atoms with E-state index in [0.717, 1.165) is 22.9 Å². The van der Waals surface area contributed by atoms with Gasteiger partial charge in [-0.15, -0.1) is 0 Å². The van der Waals surface area contributed by atoms with E-state index in [0.29, 0.717) is 11.3 Å². The lowest BCUT2D eigenvalue weighted by atomic mass is 10.1. The highest BCUT2D eigenvalue weighted by Gasteiger charge is 2.08. The van der Waals surface area contributed by atoms with Gasteiger partial charge in [0.05, 0.1) is 6.54 Å². The predicted octanol–water partition coefficient (Wildman–Crippen LogP) is 1.83. The number of ketones is 1. The molecule has 1 N–H and O–H groups in total. The SMILES string of the molecule is CC(=O)Nc1ccc(C(=O)Cn2cc(F)ccc2=O)cc1. The summed E-state index contributed by atoms with van der Waals surface area (Å²) in [6.07, 6.45) is 0.992. The third-order valence-corrected chi connectivity index (χ3v) is 2.79. The smallest absolute Gasteiger partial charge is 0.251 e. The van der Waals surface area contributed by atoms with Crippen molar-refractivity contribution < 1.29 is 14.0 Å². The molecule has 1 aromatic carbocycles. The minimum atomic E-state index is -0.580. The number of rotatable bonds is 4. The van der Waals surface area contributed by atoms with Crippen LogP contribution in [0.1, 0.15) is 17.3 Å². The number of hydrogen-bond acceptors (Lipinski definition) is 3. The van der Waals surface area contributed by atoms with Crippen molar-refractivity contribution in [1.29, 1.82) is 0 Å². The Morgan fingerprint density at radius 3 is 2.43 bits per heavy atom. The summed E-state index contributed by atoms with van der Waals surface area (Å²) in [6.45, 7) is 1.14. The van der Waals surface area contributed by atoms with Crippen molar-refractivity contribution in [3.63, 3.8) is 0 Å². The summed E-state index contributed by atoms with van der Waals surface area (Å²) in [5.41, 5.74) is 0.502. The minimum absolute atomic E-state index is 0.208. The van der Waals surface area contributed by atoms with Crippen molar-refractivity contribution in [2.75, 3.05) is 5.32 Å². The largest absolute Gasteiger partial charge is 0.326 e. The normalized spacial score (nSPS) is 10.2. The molecule has 0 saturated carbocycles. The number of amides is 1. The summed E-state index contributed by atoms with van der Waals surface area (Å²) in [4.78, 5) is 34.4. The number of carbonyl (C=O) groups excluding carboxylic acids is 2. The highest BCUT2D eigenvalue weighted by Crippen LogP contribution is 2.10. The molecule has 21 heavy (non-hydrogen) atoms. The molecule has 0 saturated heterocycles. The maximum Gasteiger partial charge on any atom is 0.251 e. The van der Waals surface area contributed by atoms with E-state index in [1.54, 1.807) is 12.1 Å². The molecule has 1 aromatic heterocycles. The van der Waals surface area contributed by atoms with Gasteiger partial charge in [0.2, 0.25) is 5.91 Å². The molecule has 0 spiro atoms. The lowest BCUT2D eigenvalue weighted by molar-refractivity contribution is -0.114. The van der Waals surface area contributed by atoms with Crippen molar-refractivity contribution in [1.82, 2.24) is 4.57 Å². The molecule has 1 amide bonds. The molecule has 2 rings (SSSR count). The molecule has 0 atom stereocenters. The monoisotopic (exact) mass is 288 g/mol. The lowest BCUT2D eigenvalue weighted by Crippen LogP contribution is -2.23. The molecular weight excluding hydrogens is 275 g/mol. The molecule has 0 fully saturated rings. The van der Waals surface area contributed by atoms with Crippen molar-refractivity contribution in [3.05, 3.63) is 64.3 Å². The van der Waals surface area contributed by atoms with Gasteiger partial charge >= 0.3 is 0 Å². The molecule has 6 heteroatoms. The van der Waals surface area contributed by atoms with Gasteiger partial charge in [0.15, 0.2) is 5.78 Å². The Balaban J connectivity index is 2.15. The average Bonchev–Trinajstić information content (AvgIpc) is 2.43. The lowest BCUT2D eigenvalue weighted by Gasteiger charge is -2.06. The highest BCUT2D eigenvalue weighted by molar-refractivity contribution is 5.96. The Labute approximate surface area is 120 Å². The van der Waals surface area contributed by atoms with E-state index in [2.05, 4.69) is 5.32 Å². The van der Waals surface area contributed by atoms with E-state index >= 15 is 0 Å². The summed E-state index contributed by atoms with van der Waals surface area (Å²) < 4.78 is 14.1. The van der Waals surface area contributed by atoms with Gasteiger partial charge in [-0.05, 0) is 30.3 Å². The fraction of sp³-hybridized carbons (Fsp3) is 0.133. The van der Waals surface area contributed by atoms with Crippen molar-refractivity contribution >= 4 is 17.4 Å². The standard InChI is InChI=1S/C15H13FN2O3/c1-10(19)17-13-5-2-11(3-6-13)14(20)9-18-8-12(16)4-7-15(18)21/h2-8H,9H2,1H3,(H,17,19). The Morgan fingerprint density at radius 1 is 1.14 bits per heavy atom. The van der Waals surface area contributed by atoms with Crippen LogP contribution < -0.4 is 10.9 Å². The van der Waals surface area contributed by atoms with Crippen LogP contribution in [0.15, 0.2) is 47.4 Å². The third-order valence-electron chi connectivity index (χ3n) is 2.79. The van der Waals surface area contributed by atoms with E-state index in [1.807, 2.05) is 0 Å². The average molecular weight is 288 g/mol. The number of halogens is 1. The maximum absolute atomic E-state index is 13.1. The van der Waals surface area contributed by atoms with Gasteiger partial charge < -0.3 is 9.88 Å². The van der Waals surface area contributed by atoms with Crippen LogP contribution in [-0.4, -0.2) is 16.3 Å². The predicted molar refractivity (Wildman–Crippen MR) is 75.7 cm³/mol. The fourth-order valence-electron chi connectivity index (χ4n) is 1.81. The summed E-state index contributed by atoms with van der Waals surface area (Å²) in [7, 11) is 0. The van der Waals surface area contributed by atoms with E-state index in [4.69, 9.17) is 0 Å². The van der Waals surface area contributed by atoms with Crippen LogP contribution >= 0.6 is 0 Å². The molecule has 108 valence electrons. The number of aromatic nitrogens is 1. The van der Waals surface area contributed by atoms with Gasteiger partial charge in [-0.1, -0.05) is 0 Å². The second-order valence-corrected chi connectivity index (χ2v) is 4.50. The highest BCUT2D eigenvalue weighted by atomic mass is 19.1. The number of nitrogens with one attached hydrogen (secondary N) is 1. The number of anilines is 1. The van der Waals surface area contributed by atoms with Gasteiger partial charge in [0, 0.05) is 30.4 Å². The number of hydrogen-bond donors (Lipinski definition) is 1. The first-order valence-electron chi connectivity index (χ1n) is 6.22. The van der Waals surface area contributed by atoms with Crippen LogP contribution in [0.4, 0.5) is 10.1 Å². The first kappa shape index (κ1) is 14.6. The summed E-state index contributed by atoms with van der Waals surface area (Å²) in [5.74, 6) is -1.11. The summed E-state index contributed by atoms with van der Waals surface area (Å²) in [5, 5.41) is 2.58. The van der Waals surface area contributed by atoms with Crippen LogP contribution in [0.25, 0.3) is 0 Å². The maximum atomic E-state index is 13.1. The van der Waals surface area contributed by atoms with Crippen molar-refractivity contribution in [3.8, 4) is 0 Å². The quantitative estimate of drug-likeness (QED) is 0.873. The number of nitrogens with zero attached hydrogens (tertiary/aromatic N) is 1. The van der Waals surface area contributed by atoms with Gasteiger partial charge in [0.1, 0.15) is 5.82 Å². The number of Topliss-reactive ketones (excluding diaryl/α,β-unsaturated/α-hetero) is 1. The molecular formula is C15H13FN2O3. The van der Waals surface area contributed by atoms with Crippen LogP contribution in [-0.2, 0) is 11.3 Å².